The summed E-state index contributed by atoms with van der Waals surface area (Å²) in [4.78, 5) is 6.20. The quantitative estimate of drug-likeness (QED) is 0.186. The van der Waals surface area contributed by atoms with Crippen LogP contribution in [0.5, 0.6) is 0 Å². The molecule has 1 N–H and O–H groups in total. The van der Waals surface area contributed by atoms with Gasteiger partial charge in [0.15, 0.2) is 0 Å². The highest BCUT2D eigenvalue weighted by atomic mass is 35.5. The first-order chi connectivity index (χ1) is 17.7. The third-order valence-corrected chi connectivity index (χ3v) is 7.73. The first kappa shape index (κ1) is 29.0. The Hall–Kier alpha value is -2.53. The zero-order chi connectivity index (χ0) is 27.0. The number of thioether (sulfide) groups is 1. The molecule has 1 aromatic heterocycles. The topological polar surface area (TPSA) is 38.1 Å². The molecule has 0 aliphatic carbocycles. The lowest BCUT2D eigenvalue weighted by Crippen LogP contribution is -2.24. The molecule has 0 aliphatic rings. The number of hydrogen-bond donors (Lipinski definition) is 1. The van der Waals surface area contributed by atoms with Gasteiger partial charge < -0.3 is 9.67 Å². The van der Waals surface area contributed by atoms with Crippen molar-refractivity contribution >= 4 is 23.4 Å². The molecule has 1 unspecified atom stereocenters. The maximum atomic E-state index is 11.2. The molecule has 1 heterocycles. The van der Waals surface area contributed by atoms with Gasteiger partial charge in [-0.1, -0.05) is 74.9 Å². The van der Waals surface area contributed by atoms with E-state index in [0.717, 1.165) is 35.6 Å². The lowest BCUT2D eigenvalue weighted by molar-refractivity contribution is 0.0242. The van der Waals surface area contributed by atoms with Crippen LogP contribution < -0.4 is 0 Å². The SMILES string of the molecule is C=C(C)/C=C(Cl)\C=C/C(C)CCc1nc(C(O)(CC)CC)cn1-c1ccc(-c2cccc(SC)c2)cc1. The van der Waals surface area contributed by atoms with Crippen LogP contribution in [-0.2, 0) is 12.0 Å². The molecule has 1 atom stereocenters. The molecular formula is C32H39ClN2OS. The molecule has 0 saturated heterocycles. The van der Waals surface area contributed by atoms with Crippen molar-refractivity contribution in [1.82, 2.24) is 9.55 Å². The average molecular weight is 535 g/mol. The third kappa shape index (κ3) is 7.73. The number of aromatic nitrogens is 2. The molecule has 0 amide bonds. The number of rotatable bonds is 12. The van der Waals surface area contributed by atoms with Crippen molar-refractivity contribution in [3.8, 4) is 16.8 Å². The average Bonchev–Trinajstić information content (AvgIpc) is 3.35. The molecule has 196 valence electrons. The summed E-state index contributed by atoms with van der Waals surface area (Å²) in [6, 6.07) is 17.2. The second-order valence-electron chi connectivity index (χ2n) is 9.68. The standard InChI is InChI=1S/C32H39ClN2OS/c1-7-32(36,8-2)30-22-35(31(34-30)19-13-24(5)12-16-27(33)20-23(3)4)28-17-14-25(15-18-28)26-10-9-11-29(21-26)37-6/h9-12,14-18,20-22,24,36H,3,7-8,13,19H2,1-2,4-6H3/b16-12-,27-20+. The Morgan fingerprint density at radius 3 is 2.49 bits per heavy atom. The van der Waals surface area contributed by atoms with Gasteiger partial charge >= 0.3 is 0 Å². The highest BCUT2D eigenvalue weighted by Gasteiger charge is 2.29. The van der Waals surface area contributed by atoms with E-state index in [9.17, 15) is 5.11 Å². The molecule has 3 aromatic rings. The maximum absolute atomic E-state index is 11.2. The highest BCUT2D eigenvalue weighted by Crippen LogP contribution is 2.31. The monoisotopic (exact) mass is 534 g/mol. The number of aliphatic hydroxyl groups is 1. The van der Waals surface area contributed by atoms with Crippen molar-refractivity contribution in [1.29, 1.82) is 0 Å². The van der Waals surface area contributed by atoms with Crippen LogP contribution >= 0.6 is 23.4 Å². The summed E-state index contributed by atoms with van der Waals surface area (Å²) in [6.07, 6.45) is 13.0. The zero-order valence-electron chi connectivity index (χ0n) is 22.7. The Kier molecular flexibility index (Phi) is 10.5. The Morgan fingerprint density at radius 1 is 1.16 bits per heavy atom. The highest BCUT2D eigenvalue weighted by molar-refractivity contribution is 7.98. The van der Waals surface area contributed by atoms with Gasteiger partial charge in [-0.15, -0.1) is 11.8 Å². The van der Waals surface area contributed by atoms with Crippen LogP contribution in [-0.4, -0.2) is 20.9 Å². The number of nitrogens with zero attached hydrogens (tertiary/aromatic N) is 2. The summed E-state index contributed by atoms with van der Waals surface area (Å²) in [7, 11) is 0. The molecule has 0 saturated carbocycles. The Morgan fingerprint density at radius 2 is 1.86 bits per heavy atom. The van der Waals surface area contributed by atoms with E-state index in [-0.39, 0.29) is 0 Å². The lowest BCUT2D eigenvalue weighted by Gasteiger charge is -2.22. The van der Waals surface area contributed by atoms with Crippen molar-refractivity contribution in [3.05, 3.63) is 102 Å². The summed E-state index contributed by atoms with van der Waals surface area (Å²) >= 11 is 8.02. The van der Waals surface area contributed by atoms with Gasteiger partial charge in [-0.3, -0.25) is 0 Å². The van der Waals surface area contributed by atoms with E-state index in [2.05, 4.69) is 78.9 Å². The minimum atomic E-state index is -0.926. The zero-order valence-corrected chi connectivity index (χ0v) is 24.2. The van der Waals surface area contributed by atoms with E-state index in [1.807, 2.05) is 39.1 Å². The number of halogens is 1. The van der Waals surface area contributed by atoms with Crippen LogP contribution in [0, 0.1) is 5.92 Å². The van der Waals surface area contributed by atoms with Crippen LogP contribution in [0.25, 0.3) is 16.8 Å². The molecule has 0 spiro atoms. The first-order valence-corrected chi connectivity index (χ1v) is 14.6. The minimum absolute atomic E-state index is 0.322. The Labute approximate surface area is 232 Å². The predicted molar refractivity (Wildman–Crippen MR) is 161 cm³/mol. The molecule has 0 aliphatic heterocycles. The number of imidazole rings is 1. The van der Waals surface area contributed by atoms with Crippen molar-refractivity contribution < 1.29 is 5.11 Å². The Balaban J connectivity index is 1.89. The molecule has 37 heavy (non-hydrogen) atoms. The summed E-state index contributed by atoms with van der Waals surface area (Å²) in [5.74, 6) is 1.28. The van der Waals surface area contributed by atoms with Gasteiger partial charge in [0.1, 0.15) is 11.4 Å². The first-order valence-electron chi connectivity index (χ1n) is 13.0. The largest absolute Gasteiger partial charge is 0.384 e. The fraction of sp³-hybridized carbons (Fsp3) is 0.344. The van der Waals surface area contributed by atoms with Crippen molar-refractivity contribution in [2.75, 3.05) is 6.26 Å². The molecule has 0 bridgehead atoms. The van der Waals surface area contributed by atoms with Crippen LogP contribution in [0.2, 0.25) is 0 Å². The van der Waals surface area contributed by atoms with Gasteiger partial charge in [0.2, 0.25) is 0 Å². The smallest absolute Gasteiger partial charge is 0.113 e. The van der Waals surface area contributed by atoms with Crippen LogP contribution in [0.4, 0.5) is 0 Å². The second kappa shape index (κ2) is 13.3. The molecule has 3 nitrogen and oxygen atoms in total. The van der Waals surface area contributed by atoms with Crippen molar-refractivity contribution in [3.63, 3.8) is 0 Å². The van der Waals surface area contributed by atoms with E-state index in [1.54, 1.807) is 11.8 Å². The summed E-state index contributed by atoms with van der Waals surface area (Å²) in [6.45, 7) is 12.0. The van der Waals surface area contributed by atoms with Gasteiger partial charge in [0.05, 0.1) is 5.69 Å². The van der Waals surface area contributed by atoms with Gasteiger partial charge in [-0.25, -0.2) is 4.98 Å². The van der Waals surface area contributed by atoms with Crippen molar-refractivity contribution in [2.45, 2.75) is 63.9 Å². The van der Waals surface area contributed by atoms with Crippen LogP contribution in [0.15, 0.2) is 95.0 Å². The van der Waals surface area contributed by atoms with Crippen LogP contribution in [0.3, 0.4) is 0 Å². The van der Waals surface area contributed by atoms with Crippen molar-refractivity contribution in [2.24, 2.45) is 5.92 Å². The van der Waals surface area contributed by atoms with Gasteiger partial charge in [-0.2, -0.15) is 0 Å². The van der Waals surface area contributed by atoms with Gasteiger partial charge in [0.25, 0.3) is 0 Å². The second-order valence-corrected chi connectivity index (χ2v) is 11.0. The molecule has 0 radical (unpaired) electrons. The summed E-state index contributed by atoms with van der Waals surface area (Å²) in [5, 5.41) is 11.9. The number of benzene rings is 2. The summed E-state index contributed by atoms with van der Waals surface area (Å²) < 4.78 is 2.14. The third-order valence-electron chi connectivity index (χ3n) is 6.77. The van der Waals surface area contributed by atoms with Gasteiger partial charge in [-0.05, 0) is 85.9 Å². The van der Waals surface area contributed by atoms with Crippen LogP contribution in [0.1, 0.15) is 58.5 Å². The molecule has 0 fully saturated rings. The van der Waals surface area contributed by atoms with Gasteiger partial charge in [0, 0.05) is 28.2 Å². The number of hydrogen-bond acceptors (Lipinski definition) is 3. The fourth-order valence-corrected chi connectivity index (χ4v) is 4.98. The van der Waals surface area contributed by atoms with E-state index in [0.29, 0.717) is 23.8 Å². The van der Waals surface area contributed by atoms with E-state index < -0.39 is 5.60 Å². The van der Waals surface area contributed by atoms with E-state index in [4.69, 9.17) is 16.6 Å². The Bertz CT molecular complexity index is 1250. The molecule has 5 heteroatoms. The fourth-order valence-electron chi connectivity index (χ4n) is 4.26. The predicted octanol–water partition coefficient (Wildman–Crippen LogP) is 9.09. The lowest BCUT2D eigenvalue weighted by atomic mass is 9.94. The van der Waals surface area contributed by atoms with E-state index in [1.165, 1.54) is 16.0 Å². The summed E-state index contributed by atoms with van der Waals surface area (Å²) in [5.41, 5.74) is 4.17. The number of allylic oxidation sites excluding steroid dienone is 5. The molecule has 3 rings (SSSR count). The normalized spacial score (nSPS) is 13.3. The molecule has 2 aromatic carbocycles. The molecular weight excluding hydrogens is 496 g/mol. The minimum Gasteiger partial charge on any atom is -0.384 e. The maximum Gasteiger partial charge on any atom is 0.113 e. The van der Waals surface area contributed by atoms with E-state index >= 15 is 0 Å². The number of aryl methyl sites for hydroxylation is 1.